The average molecular weight is 411 g/mol. The number of amides is 2. The molecule has 0 bridgehead atoms. The molecule has 0 saturated carbocycles. The van der Waals surface area contributed by atoms with E-state index in [-0.39, 0.29) is 23.5 Å². The lowest BCUT2D eigenvalue weighted by Crippen LogP contribution is -2.42. The van der Waals surface area contributed by atoms with Crippen LogP contribution in [0, 0.1) is 5.92 Å². The number of hydrogen-bond donors (Lipinski definition) is 2. The van der Waals surface area contributed by atoms with E-state index in [2.05, 4.69) is 10.5 Å². The van der Waals surface area contributed by atoms with E-state index in [4.69, 9.17) is 9.47 Å². The van der Waals surface area contributed by atoms with Gasteiger partial charge in [0.2, 0.25) is 5.91 Å². The van der Waals surface area contributed by atoms with Crippen molar-refractivity contribution in [1.82, 2.24) is 10.3 Å². The molecule has 0 unspecified atom stereocenters. The standard InChI is InChI=1S/C22H25N3O5/c1-29-19-11-17(12-20(13-19)30-2)22(28)25-9-7-16(8-10-25)21(27)24-23-14-15-3-5-18(26)6-4-15/h3-6,11-14,16,26H,7-10H2,1-2H3,(H,24,27)/b23-14-. The number of phenolic OH excluding ortho intramolecular Hbond substituents is 1. The number of carbonyl (C=O) groups excluding carboxylic acids is 2. The second-order valence-corrected chi connectivity index (χ2v) is 6.99. The molecule has 0 aliphatic carbocycles. The van der Waals surface area contributed by atoms with Crippen LogP contribution in [0.5, 0.6) is 17.2 Å². The maximum atomic E-state index is 12.8. The van der Waals surface area contributed by atoms with Gasteiger partial charge in [0, 0.05) is 30.6 Å². The van der Waals surface area contributed by atoms with Crippen LogP contribution in [-0.4, -0.2) is 55.3 Å². The van der Waals surface area contributed by atoms with Crippen molar-refractivity contribution in [1.29, 1.82) is 0 Å². The molecule has 1 fully saturated rings. The number of nitrogens with zero attached hydrogens (tertiary/aromatic N) is 2. The average Bonchev–Trinajstić information content (AvgIpc) is 2.79. The Bertz CT molecular complexity index is 897. The summed E-state index contributed by atoms with van der Waals surface area (Å²) in [6.07, 6.45) is 2.65. The van der Waals surface area contributed by atoms with Crippen LogP contribution < -0.4 is 14.9 Å². The number of ether oxygens (including phenoxy) is 2. The molecular formula is C22H25N3O5. The van der Waals surface area contributed by atoms with E-state index in [1.54, 1.807) is 47.4 Å². The summed E-state index contributed by atoms with van der Waals surface area (Å²) in [6, 6.07) is 11.6. The van der Waals surface area contributed by atoms with Crippen molar-refractivity contribution >= 4 is 18.0 Å². The van der Waals surface area contributed by atoms with Gasteiger partial charge in [-0.15, -0.1) is 0 Å². The third-order valence-electron chi connectivity index (χ3n) is 5.03. The van der Waals surface area contributed by atoms with Crippen LogP contribution in [0.1, 0.15) is 28.8 Å². The molecule has 1 aliphatic rings. The van der Waals surface area contributed by atoms with Crippen molar-refractivity contribution in [3.63, 3.8) is 0 Å². The van der Waals surface area contributed by atoms with Gasteiger partial charge in [-0.3, -0.25) is 9.59 Å². The first kappa shape index (κ1) is 21.2. The topological polar surface area (TPSA) is 100 Å². The van der Waals surface area contributed by atoms with Gasteiger partial charge in [0.15, 0.2) is 0 Å². The summed E-state index contributed by atoms with van der Waals surface area (Å²) >= 11 is 0. The summed E-state index contributed by atoms with van der Waals surface area (Å²) in [5.41, 5.74) is 3.81. The lowest BCUT2D eigenvalue weighted by atomic mass is 9.95. The monoisotopic (exact) mass is 411 g/mol. The van der Waals surface area contributed by atoms with Crippen LogP contribution in [0.3, 0.4) is 0 Å². The van der Waals surface area contributed by atoms with Crippen molar-refractivity contribution in [3.8, 4) is 17.2 Å². The zero-order chi connectivity index (χ0) is 21.5. The normalized spacial score (nSPS) is 14.5. The maximum absolute atomic E-state index is 12.8. The van der Waals surface area contributed by atoms with E-state index in [9.17, 15) is 14.7 Å². The van der Waals surface area contributed by atoms with Crippen molar-refractivity contribution in [3.05, 3.63) is 53.6 Å². The SMILES string of the molecule is COc1cc(OC)cc(C(=O)N2CCC(C(=O)N/N=C\c3ccc(O)cc3)CC2)c1. The molecule has 8 heteroatoms. The Morgan fingerprint density at radius 2 is 1.67 bits per heavy atom. The van der Waals surface area contributed by atoms with Gasteiger partial charge in [-0.2, -0.15) is 5.10 Å². The van der Waals surface area contributed by atoms with Crippen LogP contribution in [0.2, 0.25) is 0 Å². The highest BCUT2D eigenvalue weighted by atomic mass is 16.5. The molecule has 0 spiro atoms. The number of rotatable bonds is 6. The molecule has 8 nitrogen and oxygen atoms in total. The number of aromatic hydroxyl groups is 1. The number of hydrogen-bond acceptors (Lipinski definition) is 6. The van der Waals surface area contributed by atoms with Crippen molar-refractivity contribution in [2.75, 3.05) is 27.3 Å². The highest BCUT2D eigenvalue weighted by molar-refractivity contribution is 5.95. The molecule has 2 aromatic rings. The van der Waals surface area contributed by atoms with Crippen LogP contribution in [0.15, 0.2) is 47.6 Å². The number of phenols is 1. The fraction of sp³-hybridized carbons (Fsp3) is 0.318. The van der Waals surface area contributed by atoms with Gasteiger partial charge in [0.25, 0.3) is 5.91 Å². The zero-order valence-electron chi connectivity index (χ0n) is 17.0. The van der Waals surface area contributed by atoms with Gasteiger partial charge >= 0.3 is 0 Å². The third kappa shape index (κ3) is 5.28. The van der Waals surface area contributed by atoms with Gasteiger partial charge in [0.05, 0.1) is 20.4 Å². The van der Waals surface area contributed by atoms with Gasteiger partial charge < -0.3 is 19.5 Å². The lowest BCUT2D eigenvalue weighted by Gasteiger charge is -2.31. The predicted molar refractivity (Wildman–Crippen MR) is 112 cm³/mol. The smallest absolute Gasteiger partial charge is 0.254 e. The lowest BCUT2D eigenvalue weighted by molar-refractivity contribution is -0.126. The molecule has 2 N–H and O–H groups in total. The number of carbonyl (C=O) groups is 2. The summed E-state index contributed by atoms with van der Waals surface area (Å²) in [7, 11) is 3.08. The fourth-order valence-corrected chi connectivity index (χ4v) is 3.28. The number of benzene rings is 2. The molecule has 1 aliphatic heterocycles. The van der Waals surface area contributed by atoms with Gasteiger partial charge in [-0.25, -0.2) is 5.43 Å². The summed E-state index contributed by atoms with van der Waals surface area (Å²) in [6.45, 7) is 0.968. The molecule has 2 amide bonds. The predicted octanol–water partition coefficient (Wildman–Crippen LogP) is 2.41. The zero-order valence-corrected chi connectivity index (χ0v) is 17.0. The first-order valence-electron chi connectivity index (χ1n) is 9.64. The molecule has 3 rings (SSSR count). The van der Waals surface area contributed by atoms with Crippen LogP contribution in [-0.2, 0) is 4.79 Å². The van der Waals surface area contributed by atoms with Gasteiger partial charge in [-0.05, 0) is 54.8 Å². The van der Waals surface area contributed by atoms with E-state index in [1.165, 1.54) is 20.4 Å². The molecule has 0 radical (unpaired) electrons. The highest BCUT2D eigenvalue weighted by Crippen LogP contribution is 2.25. The Labute approximate surface area is 175 Å². The van der Waals surface area contributed by atoms with Gasteiger partial charge in [-0.1, -0.05) is 0 Å². The number of methoxy groups -OCH3 is 2. The summed E-state index contributed by atoms with van der Waals surface area (Å²) in [5, 5.41) is 13.2. The number of piperidine rings is 1. The first-order chi connectivity index (χ1) is 14.5. The Balaban J connectivity index is 1.53. The summed E-state index contributed by atoms with van der Waals surface area (Å²) in [4.78, 5) is 26.9. The van der Waals surface area contributed by atoms with E-state index in [0.29, 0.717) is 43.0 Å². The minimum atomic E-state index is -0.203. The fourth-order valence-electron chi connectivity index (χ4n) is 3.28. The minimum absolute atomic E-state index is 0.114. The second kappa shape index (κ2) is 9.78. The van der Waals surface area contributed by atoms with E-state index >= 15 is 0 Å². The van der Waals surface area contributed by atoms with Crippen LogP contribution in [0.4, 0.5) is 0 Å². The number of likely N-dealkylation sites (tertiary alicyclic amines) is 1. The van der Waals surface area contributed by atoms with Crippen molar-refractivity contribution < 1.29 is 24.2 Å². The molecule has 0 aromatic heterocycles. The second-order valence-electron chi connectivity index (χ2n) is 6.99. The molecule has 0 atom stereocenters. The molecule has 1 saturated heterocycles. The van der Waals surface area contributed by atoms with E-state index in [1.807, 2.05) is 0 Å². The maximum Gasteiger partial charge on any atom is 0.254 e. The molecule has 1 heterocycles. The Hall–Kier alpha value is -3.55. The molecule has 30 heavy (non-hydrogen) atoms. The molecule has 2 aromatic carbocycles. The Morgan fingerprint density at radius 3 is 2.23 bits per heavy atom. The quantitative estimate of drug-likeness (QED) is 0.562. The van der Waals surface area contributed by atoms with E-state index < -0.39 is 0 Å². The summed E-state index contributed by atoms with van der Waals surface area (Å²) in [5.74, 6) is 0.796. The van der Waals surface area contributed by atoms with Crippen LogP contribution >= 0.6 is 0 Å². The largest absolute Gasteiger partial charge is 0.508 e. The van der Waals surface area contributed by atoms with Crippen LogP contribution in [0.25, 0.3) is 0 Å². The van der Waals surface area contributed by atoms with Crippen molar-refractivity contribution in [2.45, 2.75) is 12.8 Å². The van der Waals surface area contributed by atoms with E-state index in [0.717, 1.165) is 5.56 Å². The third-order valence-corrected chi connectivity index (χ3v) is 5.03. The van der Waals surface area contributed by atoms with Crippen molar-refractivity contribution in [2.24, 2.45) is 11.0 Å². The molecule has 158 valence electrons. The Morgan fingerprint density at radius 1 is 1.07 bits per heavy atom. The highest BCUT2D eigenvalue weighted by Gasteiger charge is 2.28. The molecular weight excluding hydrogens is 386 g/mol. The number of hydrazone groups is 1. The number of nitrogens with one attached hydrogen (secondary N) is 1. The Kier molecular flexibility index (Phi) is 6.90. The summed E-state index contributed by atoms with van der Waals surface area (Å²) < 4.78 is 10.5. The minimum Gasteiger partial charge on any atom is -0.508 e. The van der Waals surface area contributed by atoms with Gasteiger partial charge in [0.1, 0.15) is 17.2 Å². The first-order valence-corrected chi connectivity index (χ1v) is 9.64.